The minimum Gasteiger partial charge on any atom is -0.454 e. The third kappa shape index (κ3) is 4.41. The van der Waals surface area contributed by atoms with Gasteiger partial charge in [-0.1, -0.05) is 30.3 Å². The van der Waals surface area contributed by atoms with Gasteiger partial charge in [-0.2, -0.15) is 0 Å². The average Bonchev–Trinajstić information content (AvgIpc) is 3.26. The van der Waals surface area contributed by atoms with Crippen molar-refractivity contribution >= 4 is 11.9 Å². The second kappa shape index (κ2) is 7.88. The number of nitrogens with two attached hydrogens (primary N) is 1. The van der Waals surface area contributed by atoms with Crippen LogP contribution in [-0.4, -0.2) is 36.9 Å². The van der Waals surface area contributed by atoms with Crippen molar-refractivity contribution in [1.29, 1.82) is 0 Å². The number of carbonyl (C=O) groups excluding carboxylic acids is 1. The first-order valence-corrected chi connectivity index (χ1v) is 8.53. The van der Waals surface area contributed by atoms with Crippen LogP contribution in [0.2, 0.25) is 0 Å². The quantitative estimate of drug-likeness (QED) is 0.644. The molecular weight excluding hydrogens is 316 g/mol. The van der Waals surface area contributed by atoms with Crippen molar-refractivity contribution < 1.29 is 9.21 Å². The summed E-state index contributed by atoms with van der Waals surface area (Å²) in [4.78, 5) is 17.7. The molecule has 0 radical (unpaired) electrons. The van der Waals surface area contributed by atoms with E-state index in [2.05, 4.69) is 45.5 Å². The molecule has 1 saturated heterocycles. The Morgan fingerprint density at radius 2 is 2.12 bits per heavy atom. The first kappa shape index (κ1) is 17.1. The van der Waals surface area contributed by atoms with Gasteiger partial charge in [0.1, 0.15) is 5.76 Å². The van der Waals surface area contributed by atoms with E-state index < -0.39 is 5.91 Å². The number of benzene rings is 1. The molecule has 1 aromatic carbocycles. The number of guanidine groups is 1. The maximum atomic E-state index is 11.1. The van der Waals surface area contributed by atoms with Gasteiger partial charge < -0.3 is 20.4 Å². The summed E-state index contributed by atoms with van der Waals surface area (Å²) < 4.78 is 5.39. The smallest absolute Gasteiger partial charge is 0.284 e. The van der Waals surface area contributed by atoms with Crippen LogP contribution >= 0.6 is 0 Å². The maximum absolute atomic E-state index is 11.1. The summed E-state index contributed by atoms with van der Waals surface area (Å²) in [5.41, 5.74) is 6.58. The van der Waals surface area contributed by atoms with Crippen molar-refractivity contribution in [3.8, 4) is 0 Å². The fraction of sp³-hybridized carbons (Fsp3) is 0.368. The van der Waals surface area contributed by atoms with Crippen LogP contribution in [0.15, 0.2) is 51.9 Å². The molecule has 1 amide bonds. The van der Waals surface area contributed by atoms with Gasteiger partial charge >= 0.3 is 0 Å². The largest absolute Gasteiger partial charge is 0.454 e. The molecule has 0 bridgehead atoms. The molecule has 3 N–H and O–H groups in total. The predicted octanol–water partition coefficient (Wildman–Crippen LogP) is 2.02. The Labute approximate surface area is 147 Å². The molecule has 1 aliphatic rings. The van der Waals surface area contributed by atoms with Crippen LogP contribution in [0.3, 0.4) is 0 Å². The SMILES string of the molecule is CN=C(NCc1ccc(C(N)=O)o1)N1CCC(Cc2ccccc2)C1. The van der Waals surface area contributed by atoms with Gasteiger partial charge in [-0.15, -0.1) is 0 Å². The van der Waals surface area contributed by atoms with E-state index >= 15 is 0 Å². The molecular formula is C19H24N4O2. The molecule has 0 saturated carbocycles. The minimum atomic E-state index is -0.557. The van der Waals surface area contributed by atoms with Crippen molar-refractivity contribution in [1.82, 2.24) is 10.2 Å². The molecule has 25 heavy (non-hydrogen) atoms. The van der Waals surface area contributed by atoms with Crippen molar-refractivity contribution in [2.75, 3.05) is 20.1 Å². The summed E-state index contributed by atoms with van der Waals surface area (Å²) in [5.74, 6) is 1.77. The zero-order valence-electron chi connectivity index (χ0n) is 14.4. The van der Waals surface area contributed by atoms with E-state index in [9.17, 15) is 4.79 Å². The van der Waals surface area contributed by atoms with Gasteiger partial charge in [0.15, 0.2) is 11.7 Å². The number of nitrogens with one attached hydrogen (secondary N) is 1. The van der Waals surface area contributed by atoms with Crippen LogP contribution in [0, 0.1) is 5.92 Å². The van der Waals surface area contributed by atoms with E-state index in [4.69, 9.17) is 10.2 Å². The number of nitrogens with zero attached hydrogens (tertiary/aromatic N) is 2. The molecule has 6 nitrogen and oxygen atoms in total. The molecule has 1 atom stereocenters. The van der Waals surface area contributed by atoms with Crippen molar-refractivity contribution in [3.05, 3.63) is 59.5 Å². The highest BCUT2D eigenvalue weighted by atomic mass is 16.3. The van der Waals surface area contributed by atoms with E-state index in [1.165, 1.54) is 5.56 Å². The first-order valence-electron chi connectivity index (χ1n) is 8.53. The summed E-state index contributed by atoms with van der Waals surface area (Å²) in [6.07, 6.45) is 2.25. The van der Waals surface area contributed by atoms with Crippen molar-refractivity contribution in [2.24, 2.45) is 16.6 Å². The minimum absolute atomic E-state index is 0.177. The number of aliphatic imine (C=N–C) groups is 1. The molecule has 0 aliphatic carbocycles. The van der Waals surface area contributed by atoms with E-state index in [0.29, 0.717) is 18.2 Å². The number of likely N-dealkylation sites (tertiary alicyclic amines) is 1. The molecule has 2 heterocycles. The molecule has 0 spiro atoms. The van der Waals surface area contributed by atoms with Gasteiger partial charge in [0, 0.05) is 20.1 Å². The van der Waals surface area contributed by atoms with Crippen LogP contribution in [-0.2, 0) is 13.0 Å². The fourth-order valence-corrected chi connectivity index (χ4v) is 3.24. The Morgan fingerprint density at radius 1 is 1.32 bits per heavy atom. The third-order valence-electron chi connectivity index (χ3n) is 4.49. The predicted molar refractivity (Wildman–Crippen MR) is 97.3 cm³/mol. The van der Waals surface area contributed by atoms with E-state index in [0.717, 1.165) is 31.9 Å². The lowest BCUT2D eigenvalue weighted by Crippen LogP contribution is -2.39. The Hall–Kier alpha value is -2.76. The van der Waals surface area contributed by atoms with Gasteiger partial charge in [-0.05, 0) is 36.5 Å². The molecule has 1 fully saturated rings. The number of amides is 1. The summed E-state index contributed by atoms with van der Waals surface area (Å²) in [5, 5.41) is 3.29. The standard InChI is InChI=1S/C19H24N4O2/c1-21-19(22-12-16-7-8-17(25-16)18(20)24)23-10-9-15(13-23)11-14-5-3-2-4-6-14/h2-8,15H,9-13H2,1H3,(H2,20,24)(H,21,22). The van der Waals surface area contributed by atoms with Gasteiger partial charge in [-0.3, -0.25) is 9.79 Å². The number of furan rings is 1. The molecule has 1 aromatic heterocycles. The van der Waals surface area contributed by atoms with Gasteiger partial charge in [0.25, 0.3) is 5.91 Å². The number of hydrogen-bond acceptors (Lipinski definition) is 3. The summed E-state index contributed by atoms with van der Waals surface area (Å²) in [6, 6.07) is 13.9. The van der Waals surface area contributed by atoms with Gasteiger partial charge in [0.05, 0.1) is 6.54 Å². The Morgan fingerprint density at radius 3 is 2.80 bits per heavy atom. The summed E-state index contributed by atoms with van der Waals surface area (Å²) in [7, 11) is 1.78. The fourth-order valence-electron chi connectivity index (χ4n) is 3.24. The number of primary amides is 1. The second-order valence-electron chi connectivity index (χ2n) is 6.32. The van der Waals surface area contributed by atoms with E-state index in [-0.39, 0.29) is 5.76 Å². The zero-order chi connectivity index (χ0) is 17.6. The molecule has 2 aromatic rings. The van der Waals surface area contributed by atoms with Crippen molar-refractivity contribution in [3.63, 3.8) is 0 Å². The number of hydrogen-bond donors (Lipinski definition) is 2. The van der Waals surface area contributed by atoms with Crippen molar-refractivity contribution in [2.45, 2.75) is 19.4 Å². The third-order valence-corrected chi connectivity index (χ3v) is 4.49. The highest BCUT2D eigenvalue weighted by molar-refractivity contribution is 5.89. The van der Waals surface area contributed by atoms with Crippen LogP contribution in [0.1, 0.15) is 28.3 Å². The lowest BCUT2D eigenvalue weighted by molar-refractivity contribution is 0.0972. The lowest BCUT2D eigenvalue weighted by atomic mass is 9.99. The second-order valence-corrected chi connectivity index (χ2v) is 6.32. The molecule has 1 aliphatic heterocycles. The average molecular weight is 340 g/mol. The lowest BCUT2D eigenvalue weighted by Gasteiger charge is -2.21. The number of carbonyl (C=O) groups is 1. The van der Waals surface area contributed by atoms with Gasteiger partial charge in [-0.25, -0.2) is 0 Å². The molecule has 1 unspecified atom stereocenters. The first-order chi connectivity index (χ1) is 12.2. The van der Waals surface area contributed by atoms with Gasteiger partial charge in [0.2, 0.25) is 0 Å². The molecule has 3 rings (SSSR count). The van der Waals surface area contributed by atoms with Crippen LogP contribution in [0.5, 0.6) is 0 Å². The number of rotatable bonds is 5. The zero-order valence-corrected chi connectivity index (χ0v) is 14.4. The Balaban J connectivity index is 1.52. The Kier molecular flexibility index (Phi) is 5.38. The Bertz CT molecular complexity index is 739. The topological polar surface area (TPSA) is 83.9 Å². The molecule has 132 valence electrons. The van der Waals surface area contributed by atoms with E-state index in [1.807, 2.05) is 0 Å². The van der Waals surface area contributed by atoms with E-state index in [1.54, 1.807) is 19.2 Å². The highest BCUT2D eigenvalue weighted by Crippen LogP contribution is 2.21. The molecule has 6 heteroatoms. The van der Waals surface area contributed by atoms with Crippen LogP contribution < -0.4 is 11.1 Å². The normalized spacial score (nSPS) is 17.7. The summed E-state index contributed by atoms with van der Waals surface area (Å²) in [6.45, 7) is 2.45. The monoisotopic (exact) mass is 340 g/mol. The highest BCUT2D eigenvalue weighted by Gasteiger charge is 2.25. The summed E-state index contributed by atoms with van der Waals surface area (Å²) >= 11 is 0. The van der Waals surface area contributed by atoms with Crippen LogP contribution in [0.4, 0.5) is 0 Å². The van der Waals surface area contributed by atoms with Crippen LogP contribution in [0.25, 0.3) is 0 Å². The maximum Gasteiger partial charge on any atom is 0.284 e.